The predicted molar refractivity (Wildman–Crippen MR) is 162 cm³/mol. The van der Waals surface area contributed by atoms with Gasteiger partial charge in [0.1, 0.15) is 0 Å². The van der Waals surface area contributed by atoms with E-state index in [0.29, 0.717) is 54.6 Å². The molecule has 0 unspecified atom stereocenters. The van der Waals surface area contributed by atoms with E-state index in [-0.39, 0.29) is 5.56 Å². The van der Waals surface area contributed by atoms with Gasteiger partial charge in [-0.25, -0.2) is 0 Å². The zero-order valence-corrected chi connectivity index (χ0v) is 24.1. The molecule has 2 fully saturated rings. The summed E-state index contributed by atoms with van der Waals surface area (Å²) >= 11 is 0. The van der Waals surface area contributed by atoms with Crippen molar-refractivity contribution in [3.05, 3.63) is 76.9 Å². The third kappa shape index (κ3) is 7.20. The fourth-order valence-corrected chi connectivity index (χ4v) is 5.14. The third-order valence-corrected chi connectivity index (χ3v) is 7.78. The maximum atomic E-state index is 13.7. The molecular weight excluding hydrogens is 561 g/mol. The summed E-state index contributed by atoms with van der Waals surface area (Å²) in [6, 6.07) is 13.6. The fourth-order valence-electron chi connectivity index (χ4n) is 5.14. The van der Waals surface area contributed by atoms with Gasteiger partial charge in [0.15, 0.2) is 0 Å². The molecule has 0 atom stereocenters. The quantitative estimate of drug-likeness (QED) is 0.355. The molecule has 0 bridgehead atoms. The highest BCUT2D eigenvalue weighted by Crippen LogP contribution is 2.34. The van der Waals surface area contributed by atoms with Crippen LogP contribution in [0.3, 0.4) is 0 Å². The van der Waals surface area contributed by atoms with Crippen molar-refractivity contribution in [2.75, 3.05) is 85.7 Å². The molecule has 0 radical (unpaired) electrons. The monoisotopic (exact) mass is 596 g/mol. The summed E-state index contributed by atoms with van der Waals surface area (Å²) in [5, 5.41) is 5.55. The largest absolute Gasteiger partial charge is 0.416 e. The Morgan fingerprint density at radius 1 is 0.814 bits per heavy atom. The van der Waals surface area contributed by atoms with Gasteiger partial charge in [-0.05, 0) is 68.1 Å². The highest BCUT2D eigenvalue weighted by atomic mass is 19.4. The van der Waals surface area contributed by atoms with Crippen LogP contribution >= 0.6 is 0 Å². The van der Waals surface area contributed by atoms with Crippen molar-refractivity contribution in [2.45, 2.75) is 13.1 Å². The molecule has 2 heterocycles. The summed E-state index contributed by atoms with van der Waals surface area (Å²) < 4.78 is 46.4. The van der Waals surface area contributed by atoms with Crippen LogP contribution in [-0.4, -0.2) is 76.2 Å². The van der Waals surface area contributed by atoms with E-state index in [1.54, 1.807) is 42.2 Å². The van der Waals surface area contributed by atoms with Crippen LogP contribution < -0.4 is 26.2 Å². The van der Waals surface area contributed by atoms with Crippen LogP contribution in [0.5, 0.6) is 0 Å². The Kier molecular flexibility index (Phi) is 8.79. The minimum atomic E-state index is -4.62. The molecule has 0 aromatic heterocycles. The number of nitrogen functional groups attached to an aromatic ring is 1. The number of hydrogen-bond donors (Lipinski definition) is 3. The number of nitrogens with one attached hydrogen (secondary N) is 2. The normalized spacial score (nSPS) is 16.2. The highest BCUT2D eigenvalue weighted by molar-refractivity contribution is 6.09. The molecule has 2 aliphatic heterocycles. The van der Waals surface area contributed by atoms with Gasteiger partial charge in [0, 0.05) is 73.3 Å². The molecule has 0 aliphatic carbocycles. The summed E-state index contributed by atoms with van der Waals surface area (Å²) in [6.07, 6.45) is -4.62. The first-order valence-corrected chi connectivity index (χ1v) is 14.1. The van der Waals surface area contributed by atoms with E-state index in [0.717, 1.165) is 49.6 Å². The molecule has 43 heavy (non-hydrogen) atoms. The van der Waals surface area contributed by atoms with Gasteiger partial charge in [0.2, 0.25) is 0 Å². The molecule has 2 amide bonds. The summed E-state index contributed by atoms with van der Waals surface area (Å²) in [5.74, 6) is -1.11. The third-order valence-electron chi connectivity index (χ3n) is 7.78. The molecule has 3 aromatic carbocycles. The van der Waals surface area contributed by atoms with Gasteiger partial charge in [-0.1, -0.05) is 6.07 Å². The number of piperazine rings is 1. The van der Waals surface area contributed by atoms with E-state index < -0.39 is 23.6 Å². The molecule has 3 aromatic rings. The number of benzene rings is 3. The lowest BCUT2D eigenvalue weighted by Crippen LogP contribution is -2.44. The number of rotatable bonds is 6. The number of ether oxygens (including phenoxy) is 1. The van der Waals surface area contributed by atoms with Crippen molar-refractivity contribution in [3.63, 3.8) is 0 Å². The number of anilines is 5. The molecule has 228 valence electrons. The number of likely N-dealkylation sites (N-methyl/N-ethyl adjacent to an activating group) is 1. The zero-order valence-electron chi connectivity index (χ0n) is 24.1. The summed E-state index contributed by atoms with van der Waals surface area (Å²) in [5.41, 5.74) is 8.48. The van der Waals surface area contributed by atoms with Crippen molar-refractivity contribution in [1.29, 1.82) is 0 Å². The second-order valence-corrected chi connectivity index (χ2v) is 10.9. The first-order valence-electron chi connectivity index (χ1n) is 14.1. The number of nitrogens with two attached hydrogens (primary N) is 1. The molecular formula is C31H35F3N6O3. The van der Waals surface area contributed by atoms with Gasteiger partial charge >= 0.3 is 6.18 Å². The van der Waals surface area contributed by atoms with Crippen LogP contribution in [0.2, 0.25) is 0 Å². The smallest absolute Gasteiger partial charge is 0.398 e. The number of aryl methyl sites for hydroxylation is 1. The van der Waals surface area contributed by atoms with Crippen LogP contribution in [0.1, 0.15) is 31.8 Å². The maximum absolute atomic E-state index is 13.7. The average Bonchev–Trinajstić information content (AvgIpc) is 2.99. The van der Waals surface area contributed by atoms with Gasteiger partial charge in [0.25, 0.3) is 11.8 Å². The molecule has 9 nitrogen and oxygen atoms in total. The maximum Gasteiger partial charge on any atom is 0.416 e. The van der Waals surface area contributed by atoms with E-state index in [4.69, 9.17) is 10.5 Å². The summed E-state index contributed by atoms with van der Waals surface area (Å²) in [7, 11) is 2.07. The number of hydrogen-bond acceptors (Lipinski definition) is 7. The minimum Gasteiger partial charge on any atom is -0.398 e. The van der Waals surface area contributed by atoms with Gasteiger partial charge in [0.05, 0.1) is 24.3 Å². The molecule has 12 heteroatoms. The molecule has 4 N–H and O–H groups in total. The second kappa shape index (κ2) is 12.5. The van der Waals surface area contributed by atoms with Crippen LogP contribution in [0.25, 0.3) is 0 Å². The number of alkyl halides is 3. The SMILES string of the molecule is Cc1ccc(NC(=O)c2cc(N3CCOCC3)cc(C(F)(F)F)c2)cc1NC(=O)c1cc(N2CCN(C)CC2)ccc1N. The van der Waals surface area contributed by atoms with Crippen LogP contribution in [0, 0.1) is 6.92 Å². The number of carbonyl (C=O) groups excluding carboxylic acids is 2. The summed E-state index contributed by atoms with van der Waals surface area (Å²) in [6.45, 7) is 6.93. The molecule has 0 saturated carbocycles. The highest BCUT2D eigenvalue weighted by Gasteiger charge is 2.32. The number of morpholine rings is 1. The standard InChI is InChI=1S/C31H35F3N6O3/c1-20-3-4-23(36-29(41)21-15-22(31(32,33)34)17-25(16-21)40-11-13-43-14-12-40)18-28(20)37-30(42)26-19-24(5-6-27(26)35)39-9-7-38(2)8-10-39/h3-6,15-19H,7-14,35H2,1-2H3,(H,36,41)(H,37,42). The lowest BCUT2D eigenvalue weighted by Gasteiger charge is -2.34. The number of carbonyl (C=O) groups is 2. The van der Waals surface area contributed by atoms with Gasteiger partial charge in [-0.15, -0.1) is 0 Å². The van der Waals surface area contributed by atoms with Gasteiger partial charge < -0.3 is 35.8 Å². The van der Waals surface area contributed by atoms with Crippen LogP contribution in [-0.2, 0) is 10.9 Å². The van der Waals surface area contributed by atoms with Crippen LogP contribution in [0.4, 0.5) is 41.6 Å². The Morgan fingerprint density at radius 2 is 1.51 bits per heavy atom. The predicted octanol–water partition coefficient (Wildman–Crippen LogP) is 4.69. The Hall–Kier alpha value is -4.29. The van der Waals surface area contributed by atoms with E-state index in [1.807, 2.05) is 6.07 Å². The topological polar surface area (TPSA) is 103 Å². The molecule has 2 aliphatic rings. The first-order chi connectivity index (χ1) is 20.5. The van der Waals surface area contributed by atoms with Crippen molar-refractivity contribution < 1.29 is 27.5 Å². The Bertz CT molecular complexity index is 1500. The van der Waals surface area contributed by atoms with Crippen molar-refractivity contribution in [1.82, 2.24) is 4.90 Å². The zero-order chi connectivity index (χ0) is 30.7. The minimum absolute atomic E-state index is 0.129. The van der Waals surface area contributed by atoms with Crippen molar-refractivity contribution in [3.8, 4) is 0 Å². The number of halogens is 3. The van der Waals surface area contributed by atoms with E-state index in [1.165, 1.54) is 6.07 Å². The lowest BCUT2D eigenvalue weighted by atomic mass is 10.1. The van der Waals surface area contributed by atoms with Gasteiger partial charge in [-0.2, -0.15) is 13.2 Å². The van der Waals surface area contributed by atoms with Crippen molar-refractivity contribution in [2.24, 2.45) is 0 Å². The molecule has 5 rings (SSSR count). The second-order valence-electron chi connectivity index (χ2n) is 10.9. The van der Waals surface area contributed by atoms with E-state index >= 15 is 0 Å². The van der Waals surface area contributed by atoms with Crippen LogP contribution in [0.15, 0.2) is 54.6 Å². The fraction of sp³-hybridized carbons (Fsp3) is 0.355. The Balaban J connectivity index is 1.34. The average molecular weight is 597 g/mol. The number of nitrogens with zero attached hydrogens (tertiary/aromatic N) is 3. The van der Waals surface area contributed by atoms with Crippen molar-refractivity contribution >= 4 is 40.3 Å². The van der Waals surface area contributed by atoms with Gasteiger partial charge in [-0.3, -0.25) is 9.59 Å². The lowest BCUT2D eigenvalue weighted by molar-refractivity contribution is -0.137. The Morgan fingerprint density at radius 3 is 2.21 bits per heavy atom. The van der Waals surface area contributed by atoms with E-state index in [9.17, 15) is 22.8 Å². The summed E-state index contributed by atoms with van der Waals surface area (Å²) in [4.78, 5) is 32.7. The number of amides is 2. The Labute approximate surface area is 248 Å². The first kappa shape index (κ1) is 30.2. The van der Waals surface area contributed by atoms with E-state index in [2.05, 4.69) is 27.5 Å². The molecule has 2 saturated heterocycles. The molecule has 0 spiro atoms.